The quantitative estimate of drug-likeness (QED) is 0.689. The smallest absolute Gasteiger partial charge is 0.246 e. The number of para-hydroxylation sites is 1. The predicted octanol–water partition coefficient (Wildman–Crippen LogP) is 4.25. The van der Waals surface area contributed by atoms with E-state index in [1.807, 2.05) is 62.6 Å². The largest absolute Gasteiger partial charge is 0.493 e. The average molecular weight is 360 g/mol. The van der Waals surface area contributed by atoms with Gasteiger partial charge in [0.25, 0.3) is 0 Å². The van der Waals surface area contributed by atoms with E-state index in [-0.39, 0.29) is 5.91 Å². The highest BCUT2D eigenvalue weighted by atomic mass is 32.2. The minimum Gasteiger partial charge on any atom is -0.493 e. The zero-order chi connectivity index (χ0) is 18.2. The summed E-state index contributed by atoms with van der Waals surface area (Å²) in [5, 5.41) is 6.15. The molecule has 0 saturated heterocycles. The van der Waals surface area contributed by atoms with Crippen LogP contribution in [0.15, 0.2) is 47.4 Å². The fourth-order valence-electron chi connectivity index (χ4n) is 2.34. The molecule has 0 aliphatic heterocycles. The van der Waals surface area contributed by atoms with E-state index in [1.165, 1.54) is 0 Å². The maximum atomic E-state index is 12.5. The second-order valence-corrected chi connectivity index (χ2v) is 6.20. The lowest BCUT2D eigenvalue weighted by molar-refractivity contribution is -0.116. The van der Waals surface area contributed by atoms with E-state index in [9.17, 15) is 4.79 Å². The summed E-state index contributed by atoms with van der Waals surface area (Å²) in [5.74, 6) is 1.21. The first kappa shape index (κ1) is 19.0. The van der Waals surface area contributed by atoms with Crippen LogP contribution in [0.2, 0.25) is 0 Å². The topological polar surface area (TPSA) is 59.6 Å². The molecule has 25 heavy (non-hydrogen) atoms. The van der Waals surface area contributed by atoms with E-state index < -0.39 is 6.04 Å². The Morgan fingerprint density at radius 1 is 1.20 bits per heavy atom. The Hall–Kier alpha value is -2.34. The lowest BCUT2D eigenvalue weighted by atomic mass is 10.2. The van der Waals surface area contributed by atoms with Gasteiger partial charge in [-0.15, -0.1) is 11.8 Å². The first-order valence-electron chi connectivity index (χ1n) is 8.10. The summed E-state index contributed by atoms with van der Waals surface area (Å²) in [5.41, 5.74) is 1.61. The van der Waals surface area contributed by atoms with Crippen molar-refractivity contribution >= 4 is 29.0 Å². The Morgan fingerprint density at radius 2 is 1.96 bits per heavy atom. The lowest BCUT2D eigenvalue weighted by Gasteiger charge is -2.18. The molecular weight excluding hydrogens is 336 g/mol. The van der Waals surface area contributed by atoms with Crippen LogP contribution in [0.25, 0.3) is 0 Å². The molecule has 0 spiro atoms. The molecular formula is C19H24N2O3S. The van der Waals surface area contributed by atoms with Gasteiger partial charge in [-0.05, 0) is 44.4 Å². The van der Waals surface area contributed by atoms with Gasteiger partial charge in [0.05, 0.1) is 19.4 Å². The average Bonchev–Trinajstić information content (AvgIpc) is 2.63. The number of nitrogens with one attached hydrogen (secondary N) is 2. The number of carbonyl (C=O) groups excluding carboxylic acids is 1. The number of ether oxygens (including phenoxy) is 2. The third kappa shape index (κ3) is 5.06. The number of thioether (sulfide) groups is 1. The molecule has 0 unspecified atom stereocenters. The molecule has 0 fully saturated rings. The van der Waals surface area contributed by atoms with Gasteiger partial charge in [0.1, 0.15) is 6.04 Å². The lowest BCUT2D eigenvalue weighted by Crippen LogP contribution is -2.32. The van der Waals surface area contributed by atoms with Gasteiger partial charge < -0.3 is 20.1 Å². The van der Waals surface area contributed by atoms with Crippen LogP contribution < -0.4 is 20.1 Å². The number of methoxy groups -OCH3 is 1. The van der Waals surface area contributed by atoms with Crippen molar-refractivity contribution in [3.05, 3.63) is 42.5 Å². The van der Waals surface area contributed by atoms with Crippen LogP contribution in [-0.2, 0) is 4.79 Å². The van der Waals surface area contributed by atoms with Crippen molar-refractivity contribution < 1.29 is 14.3 Å². The molecule has 1 atom stereocenters. The molecule has 6 heteroatoms. The van der Waals surface area contributed by atoms with Crippen LogP contribution in [-0.4, -0.2) is 31.9 Å². The first-order valence-corrected chi connectivity index (χ1v) is 9.32. The molecule has 0 radical (unpaired) electrons. The molecule has 0 aliphatic rings. The number of rotatable bonds is 8. The summed E-state index contributed by atoms with van der Waals surface area (Å²) >= 11 is 1.60. The van der Waals surface area contributed by atoms with E-state index in [2.05, 4.69) is 10.6 Å². The molecule has 2 aromatic rings. The van der Waals surface area contributed by atoms with Crippen molar-refractivity contribution in [2.24, 2.45) is 0 Å². The van der Waals surface area contributed by atoms with Gasteiger partial charge in [0.15, 0.2) is 11.5 Å². The van der Waals surface area contributed by atoms with E-state index >= 15 is 0 Å². The first-order chi connectivity index (χ1) is 12.1. The zero-order valence-electron chi connectivity index (χ0n) is 15.0. The number of anilines is 2. The predicted molar refractivity (Wildman–Crippen MR) is 104 cm³/mol. The van der Waals surface area contributed by atoms with Gasteiger partial charge in [-0.2, -0.15) is 0 Å². The van der Waals surface area contributed by atoms with Crippen LogP contribution in [0.3, 0.4) is 0 Å². The van der Waals surface area contributed by atoms with E-state index in [0.717, 1.165) is 16.3 Å². The Bertz CT molecular complexity index is 722. The molecule has 1 amide bonds. The highest BCUT2D eigenvalue weighted by molar-refractivity contribution is 7.98. The van der Waals surface area contributed by atoms with Crippen LogP contribution in [0.4, 0.5) is 11.4 Å². The number of benzene rings is 2. The highest BCUT2D eigenvalue weighted by Gasteiger charge is 2.15. The van der Waals surface area contributed by atoms with Gasteiger partial charge in [0.2, 0.25) is 5.91 Å². The van der Waals surface area contributed by atoms with E-state index in [4.69, 9.17) is 9.47 Å². The minimum absolute atomic E-state index is 0.102. The normalized spacial score (nSPS) is 11.5. The number of hydrogen-bond acceptors (Lipinski definition) is 5. The molecule has 0 bridgehead atoms. The Labute approximate surface area is 153 Å². The van der Waals surface area contributed by atoms with Crippen molar-refractivity contribution in [3.63, 3.8) is 0 Å². The van der Waals surface area contributed by atoms with E-state index in [1.54, 1.807) is 18.9 Å². The van der Waals surface area contributed by atoms with Gasteiger partial charge in [-0.3, -0.25) is 4.79 Å². The summed E-state index contributed by atoms with van der Waals surface area (Å²) in [6.07, 6.45) is 1.98. The molecule has 2 rings (SSSR count). The second kappa shape index (κ2) is 9.22. The second-order valence-electron chi connectivity index (χ2n) is 5.35. The van der Waals surface area contributed by atoms with Crippen molar-refractivity contribution in [1.29, 1.82) is 0 Å². The van der Waals surface area contributed by atoms with Gasteiger partial charge >= 0.3 is 0 Å². The summed E-state index contributed by atoms with van der Waals surface area (Å²) in [6, 6.07) is 12.9. The SMILES string of the molecule is CCOc1ccc(N[C@@H](C)C(=O)Nc2ccccc2SC)cc1OC. The van der Waals surface area contributed by atoms with E-state index in [0.29, 0.717) is 18.1 Å². The monoisotopic (exact) mass is 360 g/mol. The zero-order valence-corrected chi connectivity index (χ0v) is 15.8. The fraction of sp³-hybridized carbons (Fsp3) is 0.316. The minimum atomic E-state index is -0.405. The standard InChI is InChI=1S/C19H24N2O3S/c1-5-24-16-11-10-14(12-17(16)23-3)20-13(2)19(22)21-15-8-6-7-9-18(15)25-4/h6-13,20H,5H2,1-4H3,(H,21,22)/t13-/m0/s1. The number of carbonyl (C=O) groups is 1. The molecule has 0 aliphatic carbocycles. The van der Waals surface area contributed by atoms with Gasteiger partial charge in [0, 0.05) is 16.6 Å². The summed E-state index contributed by atoms with van der Waals surface area (Å²) < 4.78 is 10.8. The van der Waals surface area contributed by atoms with Crippen LogP contribution in [0.5, 0.6) is 11.5 Å². The number of hydrogen-bond donors (Lipinski definition) is 2. The van der Waals surface area contributed by atoms with Crippen LogP contribution >= 0.6 is 11.8 Å². The third-order valence-electron chi connectivity index (χ3n) is 3.60. The van der Waals surface area contributed by atoms with Crippen molar-refractivity contribution in [2.45, 2.75) is 24.8 Å². The molecule has 2 N–H and O–H groups in total. The summed E-state index contributed by atoms with van der Waals surface area (Å²) in [4.78, 5) is 13.5. The number of amides is 1. The molecule has 0 heterocycles. The highest BCUT2D eigenvalue weighted by Crippen LogP contribution is 2.30. The maximum Gasteiger partial charge on any atom is 0.246 e. The molecule has 0 aromatic heterocycles. The van der Waals surface area contributed by atoms with Crippen molar-refractivity contribution in [1.82, 2.24) is 0 Å². The summed E-state index contributed by atoms with van der Waals surface area (Å²) in [7, 11) is 1.59. The third-order valence-corrected chi connectivity index (χ3v) is 4.40. The van der Waals surface area contributed by atoms with Crippen LogP contribution in [0.1, 0.15) is 13.8 Å². The Morgan fingerprint density at radius 3 is 2.64 bits per heavy atom. The van der Waals surface area contributed by atoms with Gasteiger partial charge in [-0.1, -0.05) is 12.1 Å². The fourth-order valence-corrected chi connectivity index (χ4v) is 2.89. The van der Waals surface area contributed by atoms with Crippen molar-refractivity contribution in [2.75, 3.05) is 30.6 Å². The van der Waals surface area contributed by atoms with Gasteiger partial charge in [-0.25, -0.2) is 0 Å². The van der Waals surface area contributed by atoms with Crippen molar-refractivity contribution in [3.8, 4) is 11.5 Å². The maximum absolute atomic E-state index is 12.5. The molecule has 134 valence electrons. The summed E-state index contributed by atoms with van der Waals surface area (Å²) in [6.45, 7) is 4.31. The molecule has 2 aromatic carbocycles. The van der Waals surface area contributed by atoms with Crippen LogP contribution in [0, 0.1) is 0 Å². The molecule has 5 nitrogen and oxygen atoms in total. The Balaban J connectivity index is 2.05. The molecule has 0 saturated carbocycles. The Kier molecular flexibility index (Phi) is 7.01.